The minimum Gasteiger partial charge on any atom is -0.481 e. The maximum atomic E-state index is 12.6. The quantitative estimate of drug-likeness (QED) is 0.765. The van der Waals surface area contributed by atoms with E-state index in [4.69, 9.17) is 9.84 Å². The Balaban J connectivity index is 2.99. The van der Waals surface area contributed by atoms with Gasteiger partial charge in [0.15, 0.2) is 0 Å². The molecule has 0 aromatic carbocycles. The van der Waals surface area contributed by atoms with Crippen LogP contribution in [0, 0.1) is 17.3 Å². The fourth-order valence-electron chi connectivity index (χ4n) is 2.01. The summed E-state index contributed by atoms with van der Waals surface area (Å²) < 4.78 is 42.8. The van der Waals surface area contributed by atoms with Crippen molar-refractivity contribution in [2.24, 2.45) is 17.3 Å². The van der Waals surface area contributed by atoms with E-state index in [1.807, 2.05) is 0 Å². The van der Waals surface area contributed by atoms with Gasteiger partial charge in [0, 0.05) is 0 Å². The maximum Gasteiger partial charge on any atom is 0.394 e. The van der Waals surface area contributed by atoms with Crippen LogP contribution in [0.2, 0.25) is 0 Å². The van der Waals surface area contributed by atoms with Crippen molar-refractivity contribution in [1.82, 2.24) is 0 Å². The predicted molar refractivity (Wildman–Crippen MR) is 49.9 cm³/mol. The van der Waals surface area contributed by atoms with Gasteiger partial charge in [-0.1, -0.05) is 20.8 Å². The number of halogens is 3. The van der Waals surface area contributed by atoms with Gasteiger partial charge < -0.3 is 9.84 Å². The SMILES string of the molecule is CC(C)(C)[C@@H]1OC[C@H](C(F)(F)F)[C@H]1C(=O)O. The third kappa shape index (κ3) is 2.48. The molecule has 1 fully saturated rings. The van der Waals surface area contributed by atoms with Crippen LogP contribution in [-0.4, -0.2) is 30.0 Å². The van der Waals surface area contributed by atoms with Crippen molar-refractivity contribution in [3.8, 4) is 0 Å². The Morgan fingerprint density at radius 3 is 2.12 bits per heavy atom. The first-order chi connectivity index (χ1) is 7.05. The van der Waals surface area contributed by atoms with E-state index in [1.165, 1.54) is 0 Å². The Morgan fingerprint density at radius 2 is 1.81 bits per heavy atom. The van der Waals surface area contributed by atoms with E-state index in [-0.39, 0.29) is 0 Å². The Morgan fingerprint density at radius 1 is 1.31 bits per heavy atom. The molecule has 0 aromatic heterocycles. The van der Waals surface area contributed by atoms with Crippen LogP contribution in [-0.2, 0) is 9.53 Å². The zero-order valence-electron chi connectivity index (χ0n) is 9.34. The first-order valence-corrected chi connectivity index (χ1v) is 4.96. The van der Waals surface area contributed by atoms with E-state index in [0.717, 1.165) is 0 Å². The van der Waals surface area contributed by atoms with Crippen LogP contribution in [0.25, 0.3) is 0 Å². The molecule has 0 saturated carbocycles. The normalized spacial score (nSPS) is 31.8. The molecule has 3 atom stereocenters. The van der Waals surface area contributed by atoms with E-state index in [0.29, 0.717) is 0 Å². The topological polar surface area (TPSA) is 46.5 Å². The highest BCUT2D eigenvalue weighted by atomic mass is 19.4. The number of carboxylic acids is 1. The average molecular weight is 240 g/mol. The fraction of sp³-hybridized carbons (Fsp3) is 0.900. The molecule has 0 aliphatic carbocycles. The molecule has 3 nitrogen and oxygen atoms in total. The first kappa shape index (κ1) is 13.3. The molecule has 0 amide bonds. The number of hydrogen-bond donors (Lipinski definition) is 1. The van der Waals surface area contributed by atoms with Crippen molar-refractivity contribution in [3.05, 3.63) is 0 Å². The molecule has 0 radical (unpaired) electrons. The van der Waals surface area contributed by atoms with Gasteiger partial charge in [-0.2, -0.15) is 13.2 Å². The van der Waals surface area contributed by atoms with E-state index in [9.17, 15) is 18.0 Å². The van der Waals surface area contributed by atoms with E-state index >= 15 is 0 Å². The average Bonchev–Trinajstić information content (AvgIpc) is 2.43. The second-order valence-corrected chi connectivity index (χ2v) is 5.13. The molecule has 0 aromatic rings. The van der Waals surface area contributed by atoms with Gasteiger partial charge in [0.2, 0.25) is 0 Å². The molecule has 0 unspecified atom stereocenters. The lowest BCUT2D eigenvalue weighted by atomic mass is 9.77. The second-order valence-electron chi connectivity index (χ2n) is 5.13. The molecule has 1 saturated heterocycles. The highest BCUT2D eigenvalue weighted by Gasteiger charge is 2.57. The number of aliphatic carboxylic acids is 1. The van der Waals surface area contributed by atoms with Crippen LogP contribution >= 0.6 is 0 Å². The maximum absolute atomic E-state index is 12.6. The molecule has 0 spiro atoms. The van der Waals surface area contributed by atoms with Gasteiger partial charge in [0.1, 0.15) is 0 Å². The summed E-state index contributed by atoms with van der Waals surface area (Å²) in [6.45, 7) is 4.45. The van der Waals surface area contributed by atoms with Gasteiger partial charge in [0.05, 0.1) is 24.5 Å². The lowest BCUT2D eigenvalue weighted by molar-refractivity contribution is -0.190. The molecule has 6 heteroatoms. The van der Waals surface area contributed by atoms with Crippen LogP contribution in [0.4, 0.5) is 13.2 Å². The summed E-state index contributed by atoms with van der Waals surface area (Å²) in [7, 11) is 0. The van der Waals surface area contributed by atoms with Gasteiger partial charge in [-0.25, -0.2) is 0 Å². The third-order valence-electron chi connectivity index (χ3n) is 2.77. The lowest BCUT2D eigenvalue weighted by Crippen LogP contribution is -2.41. The summed E-state index contributed by atoms with van der Waals surface area (Å²) in [5, 5.41) is 8.90. The van der Waals surface area contributed by atoms with Gasteiger partial charge in [-0.05, 0) is 5.41 Å². The van der Waals surface area contributed by atoms with Crippen molar-refractivity contribution < 1.29 is 27.8 Å². The van der Waals surface area contributed by atoms with Crippen LogP contribution < -0.4 is 0 Å². The molecule has 1 rings (SSSR count). The number of hydrogen-bond acceptors (Lipinski definition) is 2. The summed E-state index contributed by atoms with van der Waals surface area (Å²) in [6.07, 6.45) is -5.43. The summed E-state index contributed by atoms with van der Waals surface area (Å²) >= 11 is 0. The number of ether oxygens (including phenoxy) is 1. The molecular formula is C10H15F3O3. The predicted octanol–water partition coefficient (Wildman–Crippen LogP) is 2.31. The van der Waals surface area contributed by atoms with E-state index < -0.39 is 42.1 Å². The molecule has 1 aliphatic heterocycles. The van der Waals surface area contributed by atoms with Crippen LogP contribution in [0.5, 0.6) is 0 Å². The molecular weight excluding hydrogens is 225 g/mol. The summed E-state index contributed by atoms with van der Waals surface area (Å²) in [5.74, 6) is -4.87. The standard InChI is InChI=1S/C10H15F3O3/c1-9(2,3)7-6(8(14)15)5(4-16-7)10(11,12)13/h5-7H,4H2,1-3H3,(H,14,15)/t5-,6+,7+/m0/s1. The Bertz CT molecular complexity index is 258. The zero-order valence-corrected chi connectivity index (χ0v) is 9.34. The van der Waals surface area contributed by atoms with Gasteiger partial charge >= 0.3 is 12.1 Å². The Hall–Kier alpha value is -0.780. The van der Waals surface area contributed by atoms with Gasteiger partial charge in [-0.3, -0.25) is 4.79 Å². The molecule has 94 valence electrons. The van der Waals surface area contributed by atoms with Crippen molar-refractivity contribution in [3.63, 3.8) is 0 Å². The first-order valence-electron chi connectivity index (χ1n) is 4.96. The van der Waals surface area contributed by atoms with Crippen molar-refractivity contribution in [1.29, 1.82) is 0 Å². The van der Waals surface area contributed by atoms with Crippen LogP contribution in [0.15, 0.2) is 0 Å². The third-order valence-corrected chi connectivity index (χ3v) is 2.77. The Kier molecular flexibility index (Phi) is 3.24. The number of rotatable bonds is 1. The molecule has 1 N–H and O–H groups in total. The monoisotopic (exact) mass is 240 g/mol. The number of carboxylic acid groups (broad SMARTS) is 1. The highest BCUT2D eigenvalue weighted by Crippen LogP contribution is 2.44. The van der Waals surface area contributed by atoms with E-state index in [2.05, 4.69) is 0 Å². The highest BCUT2D eigenvalue weighted by molar-refractivity contribution is 5.71. The lowest BCUT2D eigenvalue weighted by Gasteiger charge is -2.30. The molecule has 0 bridgehead atoms. The largest absolute Gasteiger partial charge is 0.481 e. The fourth-order valence-corrected chi connectivity index (χ4v) is 2.01. The van der Waals surface area contributed by atoms with Crippen molar-refractivity contribution in [2.45, 2.75) is 33.1 Å². The minimum atomic E-state index is -4.52. The van der Waals surface area contributed by atoms with Crippen molar-refractivity contribution in [2.75, 3.05) is 6.61 Å². The van der Waals surface area contributed by atoms with Crippen molar-refractivity contribution >= 4 is 5.97 Å². The van der Waals surface area contributed by atoms with Crippen LogP contribution in [0.1, 0.15) is 20.8 Å². The van der Waals surface area contributed by atoms with Crippen LogP contribution in [0.3, 0.4) is 0 Å². The van der Waals surface area contributed by atoms with E-state index in [1.54, 1.807) is 20.8 Å². The summed E-state index contributed by atoms with van der Waals surface area (Å²) in [4.78, 5) is 10.9. The minimum absolute atomic E-state index is 0.567. The van der Waals surface area contributed by atoms with Gasteiger partial charge in [0.25, 0.3) is 0 Å². The number of alkyl halides is 3. The zero-order chi connectivity index (χ0) is 12.7. The Labute approximate surface area is 91.6 Å². The molecule has 1 aliphatic rings. The summed E-state index contributed by atoms with van der Waals surface area (Å²) in [6, 6.07) is 0. The molecule has 1 heterocycles. The second kappa shape index (κ2) is 3.91. The summed E-state index contributed by atoms with van der Waals surface area (Å²) in [5.41, 5.74) is -0.622. The smallest absolute Gasteiger partial charge is 0.394 e. The number of carbonyl (C=O) groups is 1. The molecule has 16 heavy (non-hydrogen) atoms. The van der Waals surface area contributed by atoms with Gasteiger partial charge in [-0.15, -0.1) is 0 Å².